The highest BCUT2D eigenvalue weighted by atomic mass is 79.9. The summed E-state index contributed by atoms with van der Waals surface area (Å²) in [5.41, 5.74) is 2.68. The number of benzene rings is 1. The van der Waals surface area contributed by atoms with Gasteiger partial charge in [-0.1, -0.05) is 37.6 Å². The molecule has 0 bridgehead atoms. The van der Waals surface area contributed by atoms with Crippen molar-refractivity contribution in [3.05, 3.63) is 56.2 Å². The number of hydrogen-bond donors (Lipinski definition) is 0. The van der Waals surface area contributed by atoms with Crippen molar-refractivity contribution < 1.29 is 4.43 Å². The SMILES string of the molecule is CCCCc1ccc(C(O[Si](C)(C)C)c2cc(Br)cs2)cc1. The highest BCUT2D eigenvalue weighted by Crippen LogP contribution is 2.35. The molecule has 1 atom stereocenters. The first-order valence-corrected chi connectivity index (χ1v) is 13.0. The molecular formula is C18H25BrOSSi. The van der Waals surface area contributed by atoms with Gasteiger partial charge in [0.1, 0.15) is 6.10 Å². The molecule has 0 aliphatic heterocycles. The quantitative estimate of drug-likeness (QED) is 0.467. The van der Waals surface area contributed by atoms with Crippen LogP contribution in [0.5, 0.6) is 0 Å². The Labute approximate surface area is 148 Å². The average molecular weight is 397 g/mol. The lowest BCUT2D eigenvalue weighted by atomic mass is 10.0. The first kappa shape index (κ1) is 17.9. The Kier molecular flexibility index (Phi) is 6.44. The van der Waals surface area contributed by atoms with E-state index in [1.807, 2.05) is 0 Å². The van der Waals surface area contributed by atoms with Crippen molar-refractivity contribution in [1.29, 1.82) is 0 Å². The van der Waals surface area contributed by atoms with Crippen molar-refractivity contribution in [2.75, 3.05) is 0 Å². The van der Waals surface area contributed by atoms with Crippen molar-refractivity contribution in [1.82, 2.24) is 0 Å². The number of unbranched alkanes of at least 4 members (excludes halogenated alkanes) is 1. The van der Waals surface area contributed by atoms with Gasteiger partial charge in [0.2, 0.25) is 0 Å². The van der Waals surface area contributed by atoms with Crippen molar-refractivity contribution >= 4 is 35.6 Å². The van der Waals surface area contributed by atoms with Crippen molar-refractivity contribution in [3.63, 3.8) is 0 Å². The van der Waals surface area contributed by atoms with E-state index in [9.17, 15) is 0 Å². The molecule has 0 spiro atoms. The van der Waals surface area contributed by atoms with Gasteiger partial charge >= 0.3 is 0 Å². The second-order valence-electron chi connectivity index (χ2n) is 6.62. The summed E-state index contributed by atoms with van der Waals surface area (Å²) in [6, 6.07) is 11.2. The van der Waals surface area contributed by atoms with E-state index in [0.29, 0.717) is 0 Å². The predicted octanol–water partition coefficient (Wildman–Crippen LogP) is 6.79. The smallest absolute Gasteiger partial charge is 0.185 e. The van der Waals surface area contributed by atoms with E-state index in [-0.39, 0.29) is 6.10 Å². The number of rotatable bonds is 7. The molecule has 22 heavy (non-hydrogen) atoms. The van der Waals surface area contributed by atoms with E-state index in [1.165, 1.54) is 35.3 Å². The average Bonchev–Trinajstić information content (AvgIpc) is 2.89. The maximum absolute atomic E-state index is 6.47. The van der Waals surface area contributed by atoms with E-state index < -0.39 is 8.32 Å². The predicted molar refractivity (Wildman–Crippen MR) is 103 cm³/mol. The Hall–Kier alpha value is -0.423. The molecule has 0 aliphatic carbocycles. The van der Waals surface area contributed by atoms with Crippen molar-refractivity contribution in [2.45, 2.75) is 51.9 Å². The van der Waals surface area contributed by atoms with Crippen LogP contribution >= 0.6 is 27.3 Å². The molecule has 0 aliphatic rings. The normalized spacial score (nSPS) is 13.3. The molecule has 120 valence electrons. The van der Waals surface area contributed by atoms with Gasteiger partial charge in [-0.05, 0) is 65.6 Å². The molecule has 0 N–H and O–H groups in total. The van der Waals surface area contributed by atoms with Gasteiger partial charge in [0.05, 0.1) is 0 Å². The van der Waals surface area contributed by atoms with E-state index >= 15 is 0 Å². The molecule has 0 radical (unpaired) electrons. The lowest BCUT2D eigenvalue weighted by Gasteiger charge is -2.26. The molecule has 1 nitrogen and oxygen atoms in total. The highest BCUT2D eigenvalue weighted by molar-refractivity contribution is 9.10. The molecule has 0 amide bonds. The van der Waals surface area contributed by atoms with Crippen LogP contribution < -0.4 is 0 Å². The fraction of sp³-hybridized carbons (Fsp3) is 0.444. The van der Waals surface area contributed by atoms with Gasteiger partial charge in [-0.2, -0.15) is 0 Å². The minimum atomic E-state index is -1.62. The van der Waals surface area contributed by atoms with Crippen LogP contribution in [-0.4, -0.2) is 8.32 Å². The Morgan fingerprint density at radius 1 is 1.18 bits per heavy atom. The lowest BCUT2D eigenvalue weighted by molar-refractivity contribution is 0.243. The summed E-state index contributed by atoms with van der Waals surface area (Å²) in [5, 5.41) is 2.13. The monoisotopic (exact) mass is 396 g/mol. The Bertz CT molecular complexity index is 586. The van der Waals surface area contributed by atoms with Crippen LogP contribution in [0.15, 0.2) is 40.2 Å². The summed E-state index contributed by atoms with van der Waals surface area (Å²) in [6.07, 6.45) is 3.72. The Morgan fingerprint density at radius 3 is 2.36 bits per heavy atom. The molecule has 2 aromatic rings. The second kappa shape index (κ2) is 7.91. The fourth-order valence-corrected chi connectivity index (χ4v) is 4.90. The van der Waals surface area contributed by atoms with Crippen LogP contribution in [0.25, 0.3) is 0 Å². The van der Waals surface area contributed by atoms with Crippen molar-refractivity contribution in [3.8, 4) is 0 Å². The summed E-state index contributed by atoms with van der Waals surface area (Å²) in [4.78, 5) is 1.27. The zero-order valence-corrected chi connectivity index (χ0v) is 17.3. The minimum Gasteiger partial charge on any atom is -0.406 e. The van der Waals surface area contributed by atoms with Gasteiger partial charge in [0.25, 0.3) is 0 Å². The first-order valence-electron chi connectivity index (χ1n) is 7.89. The van der Waals surface area contributed by atoms with E-state index in [2.05, 4.69) is 78.2 Å². The highest BCUT2D eigenvalue weighted by Gasteiger charge is 2.25. The van der Waals surface area contributed by atoms with Crippen LogP contribution in [0.3, 0.4) is 0 Å². The third kappa shape index (κ3) is 5.34. The first-order chi connectivity index (χ1) is 10.4. The zero-order chi connectivity index (χ0) is 16.2. The number of thiophene rings is 1. The van der Waals surface area contributed by atoms with Gasteiger partial charge in [-0.25, -0.2) is 0 Å². The topological polar surface area (TPSA) is 9.23 Å². The molecule has 1 unspecified atom stereocenters. The van der Waals surface area contributed by atoms with Crippen LogP contribution in [0.1, 0.15) is 41.9 Å². The Morgan fingerprint density at radius 2 is 1.86 bits per heavy atom. The summed E-state index contributed by atoms with van der Waals surface area (Å²) < 4.78 is 7.61. The summed E-state index contributed by atoms with van der Waals surface area (Å²) >= 11 is 5.32. The van der Waals surface area contributed by atoms with Crippen LogP contribution in [0.4, 0.5) is 0 Å². The zero-order valence-electron chi connectivity index (χ0n) is 13.9. The molecule has 0 fully saturated rings. The Balaban J connectivity index is 2.24. The van der Waals surface area contributed by atoms with Crippen molar-refractivity contribution in [2.24, 2.45) is 0 Å². The standard InChI is InChI=1S/C18H25BrOSSi/c1-5-6-7-14-8-10-15(11-9-14)18(20-22(2,3)4)17-12-16(19)13-21-17/h8-13,18H,5-7H2,1-4H3. The largest absolute Gasteiger partial charge is 0.406 e. The maximum Gasteiger partial charge on any atom is 0.185 e. The lowest BCUT2D eigenvalue weighted by Crippen LogP contribution is -2.28. The second-order valence-corrected chi connectivity index (χ2v) is 12.9. The summed E-state index contributed by atoms with van der Waals surface area (Å²) in [6.45, 7) is 8.98. The fourth-order valence-electron chi connectivity index (χ4n) is 2.35. The van der Waals surface area contributed by atoms with E-state index in [0.717, 1.165) is 4.47 Å². The molecule has 4 heteroatoms. The molecule has 1 aromatic carbocycles. The molecule has 1 heterocycles. The van der Waals surface area contributed by atoms with E-state index in [4.69, 9.17) is 4.43 Å². The molecule has 0 saturated heterocycles. The van der Waals surface area contributed by atoms with Crippen LogP contribution in [0, 0.1) is 0 Å². The molecule has 1 aromatic heterocycles. The number of aryl methyl sites for hydroxylation is 1. The van der Waals surface area contributed by atoms with Gasteiger partial charge in [-0.3, -0.25) is 0 Å². The number of halogens is 1. The maximum atomic E-state index is 6.47. The molecule has 0 saturated carbocycles. The van der Waals surface area contributed by atoms with Gasteiger partial charge in [0.15, 0.2) is 8.32 Å². The van der Waals surface area contributed by atoms with E-state index in [1.54, 1.807) is 11.3 Å². The molecule has 2 rings (SSSR count). The molecular weight excluding hydrogens is 372 g/mol. The summed E-state index contributed by atoms with van der Waals surface area (Å²) in [7, 11) is -1.62. The van der Waals surface area contributed by atoms with Gasteiger partial charge in [0, 0.05) is 14.7 Å². The number of hydrogen-bond acceptors (Lipinski definition) is 2. The summed E-state index contributed by atoms with van der Waals surface area (Å²) in [5.74, 6) is 0. The third-order valence-corrected chi connectivity index (χ3v) is 6.10. The van der Waals surface area contributed by atoms with Crippen LogP contribution in [0.2, 0.25) is 19.6 Å². The van der Waals surface area contributed by atoms with Crippen LogP contribution in [-0.2, 0) is 10.8 Å². The minimum absolute atomic E-state index is 0.0585. The van der Waals surface area contributed by atoms with Gasteiger partial charge in [-0.15, -0.1) is 11.3 Å². The van der Waals surface area contributed by atoms with Gasteiger partial charge < -0.3 is 4.43 Å². The third-order valence-electron chi connectivity index (χ3n) is 3.42.